The molecule has 0 bridgehead atoms. The molecule has 3 aliphatic carbocycles. The fraction of sp³-hybridized carbons (Fsp3) is 0.742. The lowest BCUT2D eigenvalue weighted by atomic mass is 9.45. The maximum atomic E-state index is 4.38. The lowest BCUT2D eigenvalue weighted by Crippen LogP contribution is -2.51. The van der Waals surface area contributed by atoms with Crippen molar-refractivity contribution in [3.8, 4) is 0 Å². The molecule has 0 aromatic heterocycles. The van der Waals surface area contributed by atoms with E-state index in [1.54, 1.807) is 5.57 Å². The van der Waals surface area contributed by atoms with E-state index < -0.39 is 0 Å². The van der Waals surface area contributed by atoms with Gasteiger partial charge in [0.25, 0.3) is 0 Å². The van der Waals surface area contributed by atoms with E-state index in [0.717, 1.165) is 17.8 Å². The van der Waals surface area contributed by atoms with Gasteiger partial charge >= 0.3 is 0 Å². The highest BCUT2D eigenvalue weighted by molar-refractivity contribution is 5.36. The Morgan fingerprint density at radius 2 is 1.71 bits per heavy atom. The number of fused-ring (bicyclic) bond motifs is 1. The third-order valence-electron chi connectivity index (χ3n) is 10.1. The van der Waals surface area contributed by atoms with Crippen molar-refractivity contribution in [1.29, 1.82) is 0 Å². The van der Waals surface area contributed by atoms with Crippen LogP contribution in [0.15, 0.2) is 47.6 Å². The smallest absolute Gasteiger partial charge is 0 e. The lowest BCUT2D eigenvalue weighted by Gasteiger charge is -2.60. The van der Waals surface area contributed by atoms with Crippen molar-refractivity contribution in [2.45, 2.75) is 106 Å². The molecule has 0 aromatic carbocycles. The molecule has 3 fully saturated rings. The first-order valence-corrected chi connectivity index (χ1v) is 13.3. The summed E-state index contributed by atoms with van der Waals surface area (Å²) in [5, 5.41) is 0. The van der Waals surface area contributed by atoms with Crippen LogP contribution in [0.3, 0.4) is 0 Å². The Morgan fingerprint density at radius 1 is 0.968 bits per heavy atom. The largest absolute Gasteiger partial charge is 0.0956 e. The Morgan fingerprint density at radius 3 is 2.42 bits per heavy atom. The third-order valence-corrected chi connectivity index (χ3v) is 10.1. The second-order valence-electron chi connectivity index (χ2n) is 12.3. The van der Waals surface area contributed by atoms with Crippen LogP contribution in [0.5, 0.6) is 0 Å². The van der Waals surface area contributed by atoms with Gasteiger partial charge in [0.15, 0.2) is 0 Å². The summed E-state index contributed by atoms with van der Waals surface area (Å²) in [6.07, 6.45) is 22.0. The first kappa shape index (κ1) is 24.6. The van der Waals surface area contributed by atoms with E-state index in [0.29, 0.717) is 22.7 Å². The highest BCUT2D eigenvalue weighted by Gasteiger charge is 2.55. The van der Waals surface area contributed by atoms with Crippen LogP contribution in [-0.2, 0) is 0 Å². The second kappa shape index (κ2) is 9.84. The maximum absolute atomic E-state index is 4.38. The Kier molecular flexibility index (Phi) is 7.81. The van der Waals surface area contributed by atoms with E-state index in [1.807, 2.05) is 0 Å². The summed E-state index contributed by atoms with van der Waals surface area (Å²) in [6.45, 7) is 21.6. The molecule has 3 aliphatic rings. The molecular formula is C31H54. The van der Waals surface area contributed by atoms with E-state index >= 15 is 0 Å². The van der Waals surface area contributed by atoms with Gasteiger partial charge in [-0.1, -0.05) is 96.9 Å². The van der Waals surface area contributed by atoms with Gasteiger partial charge in [-0.2, -0.15) is 0 Å². The van der Waals surface area contributed by atoms with Crippen molar-refractivity contribution in [3.63, 3.8) is 0 Å². The molecule has 6 atom stereocenters. The fourth-order valence-electron chi connectivity index (χ4n) is 6.88. The van der Waals surface area contributed by atoms with E-state index in [2.05, 4.69) is 79.3 Å². The molecular weight excluding hydrogens is 372 g/mol. The Bertz CT molecular complexity index is 742. The Labute approximate surface area is 197 Å². The second-order valence-corrected chi connectivity index (χ2v) is 12.3. The number of rotatable bonds is 5. The molecule has 0 N–H and O–H groups in total. The molecule has 3 saturated carbocycles. The van der Waals surface area contributed by atoms with Crippen LogP contribution < -0.4 is 0 Å². The first-order valence-electron chi connectivity index (χ1n) is 13.3. The zero-order valence-corrected chi connectivity index (χ0v) is 21.8. The summed E-state index contributed by atoms with van der Waals surface area (Å²) >= 11 is 0. The Balaban J connectivity index is 0.00000272. The van der Waals surface area contributed by atoms with Crippen LogP contribution in [0.2, 0.25) is 0 Å². The standard InChI is InChI=1S/C31H50.2H2/c1-22(2)24(4)15-16-26(6)30(7)19-10-12-29-27(11-9-20-31(29,30)8)17-18-28-21-23(3)13-14-25(28)5;;/h15-18,22-24,26,29H,5,9-14,19-21H2,1-4,6-8H3;2*1H/b16-15+,27-17+,28-18-;;/t23?,24?,26?,29?,30?,31-;;/m0../s1. The average molecular weight is 427 g/mol. The van der Waals surface area contributed by atoms with E-state index in [1.165, 1.54) is 68.9 Å². The molecule has 31 heavy (non-hydrogen) atoms. The van der Waals surface area contributed by atoms with Crippen LogP contribution in [0, 0.1) is 40.4 Å². The summed E-state index contributed by atoms with van der Waals surface area (Å²) in [5.41, 5.74) is 5.45. The summed E-state index contributed by atoms with van der Waals surface area (Å²) in [6, 6.07) is 0. The van der Waals surface area contributed by atoms with Crippen LogP contribution in [0.4, 0.5) is 0 Å². The van der Waals surface area contributed by atoms with E-state index in [-0.39, 0.29) is 2.85 Å². The summed E-state index contributed by atoms with van der Waals surface area (Å²) < 4.78 is 0. The number of hydrogen-bond donors (Lipinski definition) is 0. The van der Waals surface area contributed by atoms with Gasteiger partial charge in [-0.05, 0) is 97.4 Å². The van der Waals surface area contributed by atoms with Gasteiger partial charge in [0.1, 0.15) is 0 Å². The summed E-state index contributed by atoms with van der Waals surface area (Å²) in [4.78, 5) is 0. The van der Waals surface area contributed by atoms with Crippen LogP contribution in [-0.4, -0.2) is 0 Å². The SMILES string of the molecule is C=C1CCC(C)C/C1=C/C=C1\CCC[C@@]2(C)C1CCCC2(C)C(C)/C=C/C(C)C(C)C.[HH].[HH]. The summed E-state index contributed by atoms with van der Waals surface area (Å²) in [5.74, 6) is 3.59. The maximum Gasteiger partial charge on any atom is 0 e. The van der Waals surface area contributed by atoms with Gasteiger partial charge in [-0.25, -0.2) is 0 Å². The molecule has 0 saturated heterocycles. The van der Waals surface area contributed by atoms with Crippen LogP contribution in [0.25, 0.3) is 0 Å². The van der Waals surface area contributed by atoms with Gasteiger partial charge in [0.2, 0.25) is 0 Å². The van der Waals surface area contributed by atoms with Gasteiger partial charge in [0.05, 0.1) is 0 Å². The van der Waals surface area contributed by atoms with Gasteiger partial charge < -0.3 is 0 Å². The predicted molar refractivity (Wildman–Crippen MR) is 142 cm³/mol. The van der Waals surface area contributed by atoms with Crippen molar-refractivity contribution < 1.29 is 2.85 Å². The minimum absolute atomic E-state index is 0. The van der Waals surface area contributed by atoms with Gasteiger partial charge in [-0.15, -0.1) is 0 Å². The minimum atomic E-state index is 0. The van der Waals surface area contributed by atoms with E-state index in [9.17, 15) is 0 Å². The molecule has 0 spiro atoms. The quantitative estimate of drug-likeness (QED) is 0.383. The molecule has 5 unspecified atom stereocenters. The third kappa shape index (κ3) is 4.99. The van der Waals surface area contributed by atoms with Crippen LogP contribution >= 0.6 is 0 Å². The molecule has 3 rings (SSSR count). The van der Waals surface area contributed by atoms with Crippen molar-refractivity contribution in [2.75, 3.05) is 0 Å². The normalized spacial score (nSPS) is 39.3. The van der Waals surface area contributed by atoms with Crippen LogP contribution in [0.1, 0.15) is 109 Å². The highest BCUT2D eigenvalue weighted by Crippen LogP contribution is 2.64. The molecule has 0 aromatic rings. The zero-order valence-electron chi connectivity index (χ0n) is 21.8. The number of allylic oxidation sites excluding steroid dienone is 7. The van der Waals surface area contributed by atoms with Crippen molar-refractivity contribution in [2.24, 2.45) is 40.4 Å². The van der Waals surface area contributed by atoms with Crippen molar-refractivity contribution in [1.82, 2.24) is 0 Å². The summed E-state index contributed by atoms with van der Waals surface area (Å²) in [7, 11) is 0. The van der Waals surface area contributed by atoms with Crippen molar-refractivity contribution >= 4 is 0 Å². The monoisotopic (exact) mass is 426 g/mol. The Hall–Kier alpha value is -1.04. The first-order chi connectivity index (χ1) is 14.6. The predicted octanol–water partition coefficient (Wildman–Crippen LogP) is 10.2. The van der Waals surface area contributed by atoms with Gasteiger partial charge in [-0.3, -0.25) is 0 Å². The molecule has 0 heterocycles. The molecule has 0 heteroatoms. The molecule has 0 aliphatic heterocycles. The average Bonchev–Trinajstić information content (AvgIpc) is 2.73. The van der Waals surface area contributed by atoms with Crippen molar-refractivity contribution in [3.05, 3.63) is 47.6 Å². The number of hydrogen-bond acceptors (Lipinski definition) is 0. The van der Waals surface area contributed by atoms with E-state index in [4.69, 9.17) is 0 Å². The fourth-order valence-corrected chi connectivity index (χ4v) is 6.88. The molecule has 178 valence electrons. The lowest BCUT2D eigenvalue weighted by molar-refractivity contribution is -0.0687. The minimum Gasteiger partial charge on any atom is -0.0956 e. The highest BCUT2D eigenvalue weighted by atomic mass is 14.6. The molecule has 0 amide bonds. The molecule has 0 nitrogen and oxygen atoms in total. The van der Waals surface area contributed by atoms with Gasteiger partial charge in [0, 0.05) is 2.85 Å². The zero-order chi connectivity index (χ0) is 22.8. The molecule has 0 radical (unpaired) electrons. The topological polar surface area (TPSA) is 0 Å².